The van der Waals surface area contributed by atoms with Crippen LogP contribution < -0.4 is 14.8 Å². The van der Waals surface area contributed by atoms with Gasteiger partial charge in [0, 0.05) is 11.6 Å². The van der Waals surface area contributed by atoms with Crippen LogP contribution in [0.2, 0.25) is 0 Å². The molecular weight excluding hydrogens is 314 g/mol. The average molecular weight is 335 g/mol. The van der Waals surface area contributed by atoms with E-state index in [1.165, 1.54) is 0 Å². The van der Waals surface area contributed by atoms with Crippen molar-refractivity contribution in [2.24, 2.45) is 17.8 Å². The van der Waals surface area contributed by atoms with Gasteiger partial charge >= 0.3 is 0 Å². The van der Waals surface area contributed by atoms with Gasteiger partial charge in [-0.25, -0.2) is 0 Å². The Hall–Kier alpha value is -2.75. The van der Waals surface area contributed by atoms with Crippen LogP contribution in [-0.2, 0) is 4.79 Å². The number of anilines is 1. The Kier molecular flexibility index (Phi) is 4.18. The molecule has 25 heavy (non-hydrogen) atoms. The summed E-state index contributed by atoms with van der Waals surface area (Å²) in [6.45, 7) is 0. The highest BCUT2D eigenvalue weighted by Gasteiger charge is 2.39. The molecule has 0 heterocycles. The van der Waals surface area contributed by atoms with E-state index in [1.807, 2.05) is 48.5 Å². The fourth-order valence-corrected chi connectivity index (χ4v) is 3.75. The molecule has 128 valence electrons. The first-order chi connectivity index (χ1) is 12.2. The molecule has 1 N–H and O–H groups in total. The predicted octanol–water partition coefficient (Wildman–Crippen LogP) is 4.64. The topological polar surface area (TPSA) is 47.6 Å². The van der Waals surface area contributed by atoms with Crippen molar-refractivity contribution in [2.75, 3.05) is 12.4 Å². The number of nitrogens with one attached hydrogen (secondary N) is 1. The molecule has 0 radical (unpaired) electrons. The number of carbonyl (C=O) groups excluding carboxylic acids is 1. The summed E-state index contributed by atoms with van der Waals surface area (Å²) < 4.78 is 11.1. The lowest BCUT2D eigenvalue weighted by Gasteiger charge is -2.17. The third-order valence-electron chi connectivity index (χ3n) is 5.03. The van der Waals surface area contributed by atoms with Crippen molar-refractivity contribution in [2.45, 2.75) is 12.8 Å². The second kappa shape index (κ2) is 6.63. The maximum absolute atomic E-state index is 12.5. The van der Waals surface area contributed by atoms with Crippen LogP contribution in [0.3, 0.4) is 0 Å². The molecule has 0 spiro atoms. The van der Waals surface area contributed by atoms with Crippen molar-refractivity contribution in [1.82, 2.24) is 0 Å². The second-order valence-corrected chi connectivity index (χ2v) is 6.65. The predicted molar refractivity (Wildman–Crippen MR) is 97.0 cm³/mol. The maximum atomic E-state index is 12.5. The van der Waals surface area contributed by atoms with Crippen molar-refractivity contribution in [3.63, 3.8) is 0 Å². The summed E-state index contributed by atoms with van der Waals surface area (Å²) in [4.78, 5) is 12.5. The number of benzene rings is 2. The summed E-state index contributed by atoms with van der Waals surface area (Å²) in [5.41, 5.74) is 0.795. The second-order valence-electron chi connectivity index (χ2n) is 6.65. The largest absolute Gasteiger partial charge is 0.493 e. The Balaban J connectivity index is 1.40. The number of para-hydroxylation sites is 2. The molecule has 3 atom stereocenters. The van der Waals surface area contributed by atoms with Gasteiger partial charge in [0.1, 0.15) is 5.75 Å². The van der Waals surface area contributed by atoms with Gasteiger partial charge in [-0.1, -0.05) is 24.3 Å². The fraction of sp³-hybridized carbons (Fsp3) is 0.286. The van der Waals surface area contributed by atoms with Gasteiger partial charge in [-0.3, -0.25) is 4.79 Å². The molecule has 1 saturated carbocycles. The minimum absolute atomic E-state index is 0.111. The van der Waals surface area contributed by atoms with E-state index in [0.29, 0.717) is 29.1 Å². The van der Waals surface area contributed by atoms with Crippen LogP contribution in [0.5, 0.6) is 17.2 Å². The molecule has 4 nitrogen and oxygen atoms in total. The van der Waals surface area contributed by atoms with Crippen molar-refractivity contribution in [3.05, 3.63) is 60.7 Å². The third-order valence-corrected chi connectivity index (χ3v) is 5.03. The van der Waals surface area contributed by atoms with Gasteiger partial charge in [-0.05, 0) is 61.1 Å². The third kappa shape index (κ3) is 3.25. The zero-order chi connectivity index (χ0) is 17.2. The molecule has 3 unspecified atom stereocenters. The Morgan fingerprint density at radius 2 is 1.76 bits per heavy atom. The Labute approximate surface area is 147 Å². The van der Waals surface area contributed by atoms with Crippen molar-refractivity contribution < 1.29 is 14.3 Å². The number of hydrogen-bond acceptors (Lipinski definition) is 3. The summed E-state index contributed by atoms with van der Waals surface area (Å²) in [6.07, 6.45) is 6.55. The van der Waals surface area contributed by atoms with Crippen molar-refractivity contribution in [1.29, 1.82) is 0 Å². The van der Waals surface area contributed by atoms with E-state index in [9.17, 15) is 4.79 Å². The van der Waals surface area contributed by atoms with E-state index in [-0.39, 0.29) is 11.8 Å². The van der Waals surface area contributed by atoms with Crippen molar-refractivity contribution >= 4 is 11.6 Å². The molecule has 4 rings (SSSR count). The molecule has 0 aliphatic heterocycles. The van der Waals surface area contributed by atoms with Crippen LogP contribution in [0.1, 0.15) is 12.8 Å². The van der Waals surface area contributed by atoms with E-state index in [2.05, 4.69) is 17.5 Å². The molecule has 1 amide bonds. The molecule has 4 heteroatoms. The molecule has 0 saturated heterocycles. The Morgan fingerprint density at radius 1 is 1.00 bits per heavy atom. The summed E-state index contributed by atoms with van der Waals surface area (Å²) >= 11 is 0. The van der Waals surface area contributed by atoms with Gasteiger partial charge < -0.3 is 14.8 Å². The maximum Gasteiger partial charge on any atom is 0.228 e. The highest BCUT2D eigenvalue weighted by atomic mass is 16.5. The summed E-state index contributed by atoms with van der Waals surface area (Å²) in [5.74, 6) is 3.29. The van der Waals surface area contributed by atoms with E-state index in [1.54, 1.807) is 7.11 Å². The number of methoxy groups -OCH3 is 1. The number of rotatable bonds is 5. The lowest BCUT2D eigenvalue weighted by molar-refractivity contribution is -0.120. The Bertz CT molecular complexity index is 797. The van der Waals surface area contributed by atoms with Gasteiger partial charge in [-0.2, -0.15) is 0 Å². The summed E-state index contributed by atoms with van der Waals surface area (Å²) in [5, 5.41) is 3.03. The van der Waals surface area contributed by atoms with Gasteiger partial charge in [0.2, 0.25) is 5.91 Å². The number of fused-ring (bicyclic) bond motifs is 2. The lowest BCUT2D eigenvalue weighted by atomic mass is 9.93. The fourth-order valence-electron chi connectivity index (χ4n) is 3.75. The molecule has 2 aliphatic rings. The van der Waals surface area contributed by atoms with E-state index in [4.69, 9.17) is 9.47 Å². The lowest BCUT2D eigenvalue weighted by Crippen LogP contribution is -2.25. The van der Waals surface area contributed by atoms with Gasteiger partial charge in [0.25, 0.3) is 0 Å². The van der Waals surface area contributed by atoms with E-state index in [0.717, 1.165) is 18.5 Å². The number of allylic oxidation sites excluding steroid dienone is 2. The van der Waals surface area contributed by atoms with E-state index < -0.39 is 0 Å². The highest BCUT2D eigenvalue weighted by Crippen LogP contribution is 2.43. The number of hydrogen-bond donors (Lipinski definition) is 1. The average Bonchev–Trinajstić information content (AvgIpc) is 3.27. The van der Waals surface area contributed by atoms with E-state index >= 15 is 0 Å². The first kappa shape index (κ1) is 15.8. The molecule has 2 aliphatic carbocycles. The molecule has 1 fully saturated rings. The zero-order valence-corrected chi connectivity index (χ0v) is 14.1. The highest BCUT2D eigenvalue weighted by molar-refractivity contribution is 5.93. The molecular formula is C21H21NO3. The van der Waals surface area contributed by atoms with Crippen LogP contribution in [-0.4, -0.2) is 13.0 Å². The minimum Gasteiger partial charge on any atom is -0.493 e. The van der Waals surface area contributed by atoms with Crippen LogP contribution in [0.4, 0.5) is 5.69 Å². The molecule has 2 aromatic carbocycles. The standard InChI is InChI=1S/C21H21NO3/c1-24-19-4-2-3-5-20(19)25-17-10-8-16(9-11-17)22-21(23)18-13-14-6-7-15(18)12-14/h2-11,14-15,18H,12-13H2,1H3,(H,22,23). The molecule has 2 aromatic rings. The molecule has 0 aromatic heterocycles. The number of amides is 1. The normalized spacial score (nSPS) is 23.5. The SMILES string of the molecule is COc1ccccc1Oc1ccc(NC(=O)C2CC3C=CC2C3)cc1. The van der Waals surface area contributed by atoms with Crippen LogP contribution in [0, 0.1) is 17.8 Å². The van der Waals surface area contributed by atoms with Gasteiger partial charge in [-0.15, -0.1) is 0 Å². The summed E-state index contributed by atoms with van der Waals surface area (Å²) in [7, 11) is 1.62. The van der Waals surface area contributed by atoms with Crippen LogP contribution >= 0.6 is 0 Å². The molecule has 2 bridgehead atoms. The minimum atomic E-state index is 0.111. The first-order valence-corrected chi connectivity index (χ1v) is 8.63. The summed E-state index contributed by atoms with van der Waals surface area (Å²) in [6, 6.07) is 14.9. The van der Waals surface area contributed by atoms with Crippen LogP contribution in [0.15, 0.2) is 60.7 Å². The van der Waals surface area contributed by atoms with Crippen molar-refractivity contribution in [3.8, 4) is 17.2 Å². The van der Waals surface area contributed by atoms with Crippen LogP contribution in [0.25, 0.3) is 0 Å². The Morgan fingerprint density at radius 3 is 2.40 bits per heavy atom. The zero-order valence-electron chi connectivity index (χ0n) is 14.1. The number of carbonyl (C=O) groups is 1. The smallest absolute Gasteiger partial charge is 0.228 e. The first-order valence-electron chi connectivity index (χ1n) is 8.63. The number of ether oxygens (including phenoxy) is 2. The van der Waals surface area contributed by atoms with Gasteiger partial charge in [0.05, 0.1) is 7.11 Å². The quantitative estimate of drug-likeness (QED) is 0.810. The van der Waals surface area contributed by atoms with Gasteiger partial charge in [0.15, 0.2) is 11.5 Å². The monoisotopic (exact) mass is 335 g/mol.